The van der Waals surface area contributed by atoms with Crippen LogP contribution in [0.3, 0.4) is 0 Å². The van der Waals surface area contributed by atoms with E-state index in [1.165, 1.54) is 11.8 Å². The number of hydrogen-bond donors (Lipinski definition) is 2. The summed E-state index contributed by atoms with van der Waals surface area (Å²) in [6.45, 7) is 0.0790. The number of nitrogens with one attached hydrogen (secondary N) is 1. The summed E-state index contributed by atoms with van der Waals surface area (Å²) >= 11 is 1.41. The molecule has 1 rings (SSSR count). The highest BCUT2D eigenvalue weighted by Crippen LogP contribution is 2.19. The molecule has 20 heavy (non-hydrogen) atoms. The molecule has 0 aliphatic heterocycles. The minimum absolute atomic E-state index is 0.0247. The lowest BCUT2D eigenvalue weighted by Gasteiger charge is -2.08. The first kappa shape index (κ1) is 17.3. The van der Waals surface area contributed by atoms with Gasteiger partial charge in [-0.2, -0.15) is 11.8 Å². The van der Waals surface area contributed by atoms with E-state index in [1.54, 1.807) is 0 Å². The largest absolute Gasteiger partial charge is 0.396 e. The number of rotatable bonds is 8. The number of hydrogen-bond acceptors (Lipinski definition) is 4. The van der Waals surface area contributed by atoms with Gasteiger partial charge in [0.2, 0.25) is 10.0 Å². The van der Waals surface area contributed by atoms with Gasteiger partial charge in [-0.1, -0.05) is 0 Å². The zero-order chi connectivity index (χ0) is 15.2. The van der Waals surface area contributed by atoms with Gasteiger partial charge in [-0.15, -0.1) is 0 Å². The van der Waals surface area contributed by atoms with E-state index in [1.807, 2.05) is 0 Å². The molecule has 0 spiro atoms. The second kappa shape index (κ2) is 7.87. The fourth-order valence-electron chi connectivity index (χ4n) is 1.31. The molecule has 0 fully saturated rings. The average molecular weight is 329 g/mol. The Kier molecular flexibility index (Phi) is 6.80. The maximum Gasteiger partial charge on any atom is 0.243 e. The molecule has 114 valence electrons. The van der Waals surface area contributed by atoms with Gasteiger partial charge in [0.25, 0.3) is 0 Å². The lowest BCUT2D eigenvalue weighted by molar-refractivity contribution is 0.296. The molecular weight excluding hydrogens is 315 g/mol. The van der Waals surface area contributed by atoms with Gasteiger partial charge in [-0.05, 0) is 24.3 Å². The fourth-order valence-corrected chi connectivity index (χ4v) is 3.32. The number of benzene rings is 1. The van der Waals surface area contributed by atoms with Crippen LogP contribution in [-0.4, -0.2) is 38.2 Å². The molecule has 9 heteroatoms. The van der Waals surface area contributed by atoms with Crippen molar-refractivity contribution in [3.05, 3.63) is 29.6 Å². The summed E-state index contributed by atoms with van der Waals surface area (Å²) in [5.41, 5.74) is 0. The van der Waals surface area contributed by atoms with Crippen molar-refractivity contribution in [1.82, 2.24) is 4.72 Å². The first-order valence-electron chi connectivity index (χ1n) is 5.72. The number of halogens is 3. The summed E-state index contributed by atoms with van der Waals surface area (Å²) in [5, 5.41) is 8.55. The Balaban J connectivity index is 2.63. The van der Waals surface area contributed by atoms with Crippen LogP contribution in [0.5, 0.6) is 0 Å². The van der Waals surface area contributed by atoms with Gasteiger partial charge in [0.1, 0.15) is 4.90 Å². The van der Waals surface area contributed by atoms with Crippen molar-refractivity contribution in [3.63, 3.8) is 0 Å². The molecule has 0 aliphatic carbocycles. The minimum Gasteiger partial charge on any atom is -0.396 e. The molecule has 0 amide bonds. The Morgan fingerprint density at radius 3 is 2.50 bits per heavy atom. The summed E-state index contributed by atoms with van der Waals surface area (Å²) < 4.78 is 64.6. The van der Waals surface area contributed by atoms with Crippen LogP contribution in [0.25, 0.3) is 0 Å². The Bertz CT molecular complexity index is 552. The third-order valence-corrected chi connectivity index (χ3v) is 4.82. The topological polar surface area (TPSA) is 66.4 Å². The molecule has 0 heterocycles. The predicted molar refractivity (Wildman–Crippen MR) is 70.5 cm³/mol. The van der Waals surface area contributed by atoms with E-state index >= 15 is 0 Å². The van der Waals surface area contributed by atoms with E-state index in [0.717, 1.165) is 0 Å². The van der Waals surface area contributed by atoms with E-state index in [2.05, 4.69) is 4.72 Å². The molecule has 0 radical (unpaired) electrons. The molecule has 0 aliphatic rings. The predicted octanol–water partition coefficient (Wildman–Crippen LogP) is 1.50. The number of sulfonamides is 1. The maximum atomic E-state index is 13.4. The fraction of sp³-hybridized carbons (Fsp3) is 0.455. The Hall–Kier alpha value is -0.770. The van der Waals surface area contributed by atoms with E-state index in [-0.39, 0.29) is 13.2 Å². The lowest BCUT2D eigenvalue weighted by Crippen LogP contribution is -2.27. The van der Waals surface area contributed by atoms with Crippen LogP contribution in [-0.2, 0) is 10.0 Å². The molecule has 1 aromatic carbocycles. The van der Waals surface area contributed by atoms with Gasteiger partial charge in [-0.3, -0.25) is 0 Å². The standard InChI is InChI=1S/C11H14F3NO3S2/c12-8-2-3-9(11(14)10(8)13)20(17,18)15-4-7-19-6-1-5-16/h2-3,15-16H,1,4-7H2. The summed E-state index contributed by atoms with van der Waals surface area (Å²) in [7, 11) is -4.22. The monoisotopic (exact) mass is 329 g/mol. The quantitative estimate of drug-likeness (QED) is 0.560. The lowest BCUT2D eigenvalue weighted by atomic mass is 10.3. The van der Waals surface area contributed by atoms with Crippen LogP contribution in [0.1, 0.15) is 6.42 Å². The molecule has 4 nitrogen and oxygen atoms in total. The van der Waals surface area contributed by atoms with E-state index in [0.29, 0.717) is 30.1 Å². The van der Waals surface area contributed by atoms with Crippen LogP contribution in [0, 0.1) is 17.5 Å². The molecular formula is C11H14F3NO3S2. The van der Waals surface area contributed by atoms with Gasteiger partial charge in [0.05, 0.1) is 0 Å². The molecule has 0 saturated heterocycles. The van der Waals surface area contributed by atoms with Crippen molar-refractivity contribution in [3.8, 4) is 0 Å². The van der Waals surface area contributed by atoms with Crippen LogP contribution >= 0.6 is 11.8 Å². The summed E-state index contributed by atoms with van der Waals surface area (Å²) in [5.74, 6) is -3.90. The van der Waals surface area contributed by atoms with Gasteiger partial charge in [0.15, 0.2) is 17.5 Å². The second-order valence-electron chi connectivity index (χ2n) is 3.76. The van der Waals surface area contributed by atoms with E-state index in [4.69, 9.17) is 5.11 Å². The molecule has 0 unspecified atom stereocenters. The van der Waals surface area contributed by atoms with Crippen molar-refractivity contribution >= 4 is 21.8 Å². The van der Waals surface area contributed by atoms with Crippen molar-refractivity contribution in [2.75, 3.05) is 24.7 Å². The van der Waals surface area contributed by atoms with Crippen LogP contribution in [0.15, 0.2) is 17.0 Å². The zero-order valence-electron chi connectivity index (χ0n) is 10.4. The summed E-state index contributed by atoms with van der Waals surface area (Å²) in [6, 6.07) is 1.23. The second-order valence-corrected chi connectivity index (χ2v) is 6.72. The smallest absolute Gasteiger partial charge is 0.243 e. The van der Waals surface area contributed by atoms with Crippen molar-refractivity contribution < 1.29 is 26.7 Å². The zero-order valence-corrected chi connectivity index (χ0v) is 12.0. The Labute approximate surface area is 119 Å². The van der Waals surface area contributed by atoms with E-state index in [9.17, 15) is 21.6 Å². The first-order valence-corrected chi connectivity index (χ1v) is 8.35. The SMILES string of the molecule is O=S(=O)(NCCSCCCO)c1ccc(F)c(F)c1F. The van der Waals surface area contributed by atoms with Crippen molar-refractivity contribution in [2.45, 2.75) is 11.3 Å². The number of thioether (sulfide) groups is 1. The van der Waals surface area contributed by atoms with Crippen LogP contribution in [0.2, 0.25) is 0 Å². The highest BCUT2D eigenvalue weighted by atomic mass is 32.2. The molecule has 0 bridgehead atoms. The van der Waals surface area contributed by atoms with Gasteiger partial charge in [-0.25, -0.2) is 26.3 Å². The van der Waals surface area contributed by atoms with Gasteiger partial charge < -0.3 is 5.11 Å². The first-order chi connectivity index (χ1) is 9.40. The molecule has 1 aromatic rings. The third kappa shape index (κ3) is 4.65. The highest BCUT2D eigenvalue weighted by Gasteiger charge is 2.23. The highest BCUT2D eigenvalue weighted by molar-refractivity contribution is 7.99. The number of aliphatic hydroxyl groups excluding tert-OH is 1. The molecule has 2 N–H and O–H groups in total. The Morgan fingerprint density at radius 1 is 1.15 bits per heavy atom. The Morgan fingerprint density at radius 2 is 1.85 bits per heavy atom. The van der Waals surface area contributed by atoms with Gasteiger partial charge in [0, 0.05) is 18.9 Å². The average Bonchev–Trinajstić information content (AvgIpc) is 2.39. The third-order valence-electron chi connectivity index (χ3n) is 2.27. The summed E-state index contributed by atoms with van der Waals surface area (Å²) in [6.07, 6.45) is 0.592. The van der Waals surface area contributed by atoms with Crippen LogP contribution < -0.4 is 4.72 Å². The maximum absolute atomic E-state index is 13.4. The minimum atomic E-state index is -4.22. The molecule has 0 atom stereocenters. The van der Waals surface area contributed by atoms with Crippen molar-refractivity contribution in [2.24, 2.45) is 0 Å². The number of aliphatic hydroxyl groups is 1. The molecule has 0 aromatic heterocycles. The normalized spacial score (nSPS) is 11.8. The van der Waals surface area contributed by atoms with E-state index < -0.39 is 32.4 Å². The van der Waals surface area contributed by atoms with Crippen molar-refractivity contribution in [1.29, 1.82) is 0 Å². The van der Waals surface area contributed by atoms with Gasteiger partial charge >= 0.3 is 0 Å². The summed E-state index contributed by atoms with van der Waals surface area (Å²) in [4.78, 5) is -0.920. The van der Waals surface area contributed by atoms with Crippen LogP contribution in [0.4, 0.5) is 13.2 Å². The molecule has 0 saturated carbocycles.